The van der Waals surface area contributed by atoms with Crippen LogP contribution in [0.1, 0.15) is 86.4 Å². The summed E-state index contributed by atoms with van der Waals surface area (Å²) in [6.45, 7) is 4.46. The lowest BCUT2D eigenvalue weighted by molar-refractivity contribution is -0.235. The number of nitrogens with one attached hydrogen (secondary N) is 1. The highest BCUT2D eigenvalue weighted by Crippen LogP contribution is 2.65. The molecule has 5 atom stereocenters. The summed E-state index contributed by atoms with van der Waals surface area (Å²) in [6, 6.07) is 3.00. The van der Waals surface area contributed by atoms with Crippen LogP contribution in [0.5, 0.6) is 5.75 Å². The lowest BCUT2D eigenvalue weighted by Gasteiger charge is -2.54. The summed E-state index contributed by atoms with van der Waals surface area (Å²) >= 11 is 0. The quantitative estimate of drug-likeness (QED) is 0.110. The van der Waals surface area contributed by atoms with E-state index in [1.807, 2.05) is 0 Å². The number of esters is 4. The predicted molar refractivity (Wildman–Crippen MR) is 170 cm³/mol. The predicted octanol–water partition coefficient (Wildman–Crippen LogP) is 2.79. The van der Waals surface area contributed by atoms with Crippen LogP contribution in [0.3, 0.4) is 0 Å². The molecular formula is C36H36N2O12. The smallest absolute Gasteiger partial charge is 0.339 e. The summed E-state index contributed by atoms with van der Waals surface area (Å²) in [5.74, 6) is -5.93. The van der Waals surface area contributed by atoms with Crippen molar-refractivity contribution in [1.82, 2.24) is 10.2 Å². The molecule has 5 aliphatic rings. The molecule has 1 saturated carbocycles. The van der Waals surface area contributed by atoms with Gasteiger partial charge < -0.3 is 18.9 Å². The molecule has 0 spiro atoms. The third-order valence-electron chi connectivity index (χ3n) is 10.6. The van der Waals surface area contributed by atoms with Gasteiger partial charge >= 0.3 is 23.9 Å². The van der Waals surface area contributed by atoms with Crippen LogP contribution in [-0.2, 0) is 43.0 Å². The molecule has 1 aromatic carbocycles. The molecule has 1 N–H and O–H groups in total. The van der Waals surface area contributed by atoms with E-state index in [9.17, 15) is 38.4 Å². The van der Waals surface area contributed by atoms with E-state index >= 15 is 0 Å². The molecule has 0 radical (unpaired) electrons. The molecule has 3 fully saturated rings. The highest BCUT2D eigenvalue weighted by molar-refractivity contribution is 6.24. The van der Waals surface area contributed by atoms with Crippen molar-refractivity contribution >= 4 is 47.5 Å². The maximum atomic E-state index is 13.8. The van der Waals surface area contributed by atoms with E-state index in [-0.39, 0.29) is 54.6 Å². The number of hydrogen-bond acceptors (Lipinski definition) is 12. The Morgan fingerprint density at radius 2 is 1.78 bits per heavy atom. The maximum Gasteiger partial charge on any atom is 0.339 e. The molecule has 3 aliphatic heterocycles. The van der Waals surface area contributed by atoms with Gasteiger partial charge in [-0.2, -0.15) is 0 Å². The number of imide groups is 2. The first-order valence-corrected chi connectivity index (χ1v) is 16.3. The third kappa shape index (κ3) is 5.33. The number of carbonyl (C=O) groups is 8. The summed E-state index contributed by atoms with van der Waals surface area (Å²) in [6.07, 6.45) is 7.66. The molecule has 4 amide bonds. The van der Waals surface area contributed by atoms with E-state index in [0.717, 1.165) is 4.90 Å². The Kier molecular flexibility index (Phi) is 8.61. The molecule has 1 aromatic rings. The van der Waals surface area contributed by atoms with Crippen LogP contribution in [0.4, 0.5) is 0 Å². The van der Waals surface area contributed by atoms with E-state index in [1.165, 1.54) is 51.3 Å². The van der Waals surface area contributed by atoms with Gasteiger partial charge in [0.2, 0.25) is 11.8 Å². The van der Waals surface area contributed by atoms with Crippen LogP contribution in [0.15, 0.2) is 53.6 Å². The fourth-order valence-corrected chi connectivity index (χ4v) is 8.20. The molecule has 14 nitrogen and oxygen atoms in total. The van der Waals surface area contributed by atoms with Gasteiger partial charge in [0.15, 0.2) is 0 Å². The van der Waals surface area contributed by atoms with Crippen molar-refractivity contribution in [3.8, 4) is 5.75 Å². The Hall–Kier alpha value is -5.40. The molecule has 6 rings (SSSR count). The molecule has 3 heterocycles. The second-order valence-corrected chi connectivity index (χ2v) is 13.4. The van der Waals surface area contributed by atoms with Gasteiger partial charge in [-0.25, -0.2) is 9.59 Å². The topological polar surface area (TPSA) is 189 Å². The Balaban J connectivity index is 1.22. The number of hydrogen-bond donors (Lipinski definition) is 1. The zero-order valence-corrected chi connectivity index (χ0v) is 28.0. The van der Waals surface area contributed by atoms with Crippen LogP contribution >= 0.6 is 0 Å². The average Bonchev–Trinajstić information content (AvgIpc) is 3.39. The number of carbonyl (C=O) groups excluding carboxylic acids is 8. The Morgan fingerprint density at radius 3 is 2.48 bits per heavy atom. The monoisotopic (exact) mass is 688 g/mol. The van der Waals surface area contributed by atoms with Gasteiger partial charge in [-0.05, 0) is 70.6 Å². The fourth-order valence-electron chi connectivity index (χ4n) is 8.20. The number of cyclic esters (lactones) is 1. The highest BCUT2D eigenvalue weighted by atomic mass is 16.6. The van der Waals surface area contributed by atoms with Crippen molar-refractivity contribution in [2.75, 3.05) is 7.11 Å². The minimum atomic E-state index is -1.25. The molecule has 0 aromatic heterocycles. The molecule has 262 valence electrons. The number of rotatable bonds is 7. The van der Waals surface area contributed by atoms with E-state index in [2.05, 4.69) is 5.32 Å². The second kappa shape index (κ2) is 12.5. The number of allylic oxidation sites excluding steroid dienone is 3. The number of benzene rings is 1. The van der Waals surface area contributed by atoms with Gasteiger partial charge in [-0.1, -0.05) is 24.3 Å². The molecule has 2 bridgehead atoms. The standard InChI is InChI=1S/C36H36N2O12/c1-19(31(44)48-24-9-5-8-22-27(24)30(43)38(29(22)42)23-10-11-26(40)37-28(23)41)7-6-15-34(3)25-14-17-35(33(46)50-34)16-12-21(32(45)47-4)13-18-36(25,35)49-20(2)39/h5-9,12,15,23,25H,10-11,13-14,16-18H2,1-4H3,(H,37,40,41)/b15-6+,19-7+/t23?,25-,34-,35-,36+/m1/s1. The summed E-state index contributed by atoms with van der Waals surface area (Å²) in [4.78, 5) is 103. The van der Waals surface area contributed by atoms with Gasteiger partial charge in [0.1, 0.15) is 28.4 Å². The normalized spacial score (nSPS) is 30.6. The molecule has 50 heavy (non-hydrogen) atoms. The van der Waals surface area contributed by atoms with Crippen molar-refractivity contribution < 1.29 is 57.3 Å². The first kappa shape index (κ1) is 34.5. The Morgan fingerprint density at radius 1 is 1.02 bits per heavy atom. The van der Waals surface area contributed by atoms with Crippen molar-refractivity contribution in [2.45, 2.75) is 83.0 Å². The van der Waals surface area contributed by atoms with Gasteiger partial charge in [-0.15, -0.1) is 0 Å². The van der Waals surface area contributed by atoms with Crippen molar-refractivity contribution in [1.29, 1.82) is 0 Å². The van der Waals surface area contributed by atoms with Crippen molar-refractivity contribution in [2.24, 2.45) is 11.3 Å². The molecule has 14 heteroatoms. The highest BCUT2D eigenvalue weighted by Gasteiger charge is 2.74. The first-order chi connectivity index (χ1) is 23.7. The van der Waals surface area contributed by atoms with Crippen molar-refractivity contribution in [3.05, 3.63) is 64.8 Å². The van der Waals surface area contributed by atoms with Gasteiger partial charge in [0, 0.05) is 30.4 Å². The SMILES string of the molecule is COC(=O)C1=CC[C@@]23CC[C@H]([C@@](C)(/C=C/C=C(\C)C(=O)Oc4cccc5c4C(=O)N(C4CCC(=O)NC4=O)C5=O)OC2=O)[C@@]3(OC(C)=O)CC1. The maximum absolute atomic E-state index is 13.8. The van der Waals surface area contributed by atoms with Crippen molar-refractivity contribution in [3.63, 3.8) is 0 Å². The zero-order valence-electron chi connectivity index (χ0n) is 28.0. The van der Waals surface area contributed by atoms with E-state index < -0.39 is 76.1 Å². The summed E-state index contributed by atoms with van der Waals surface area (Å²) in [7, 11) is 1.28. The minimum Gasteiger partial charge on any atom is -0.466 e. The summed E-state index contributed by atoms with van der Waals surface area (Å²) in [5, 5.41) is 2.14. The van der Waals surface area contributed by atoms with Gasteiger partial charge in [0.05, 0.1) is 18.2 Å². The molecule has 2 saturated heterocycles. The number of ether oxygens (including phenoxy) is 4. The van der Waals surface area contributed by atoms with Gasteiger partial charge in [-0.3, -0.25) is 39.0 Å². The van der Waals surface area contributed by atoms with Crippen LogP contribution in [0, 0.1) is 11.3 Å². The summed E-state index contributed by atoms with van der Waals surface area (Å²) < 4.78 is 22.6. The molecular weight excluding hydrogens is 652 g/mol. The number of nitrogens with zero attached hydrogens (tertiary/aromatic N) is 1. The fraction of sp³-hybridized carbons (Fsp3) is 0.444. The lowest BCUT2D eigenvalue weighted by Crippen LogP contribution is -2.65. The largest absolute Gasteiger partial charge is 0.466 e. The first-order valence-electron chi connectivity index (χ1n) is 16.3. The number of piperidine rings is 1. The van der Waals surface area contributed by atoms with Gasteiger partial charge in [0.25, 0.3) is 11.8 Å². The average molecular weight is 689 g/mol. The number of fused-ring (bicyclic) bond motifs is 1. The lowest BCUT2D eigenvalue weighted by atomic mass is 9.62. The van der Waals surface area contributed by atoms with Crippen LogP contribution < -0.4 is 10.1 Å². The second-order valence-electron chi connectivity index (χ2n) is 13.4. The summed E-state index contributed by atoms with van der Waals surface area (Å²) in [5.41, 5.74) is -3.40. The van der Waals surface area contributed by atoms with Crippen LogP contribution in [0.2, 0.25) is 0 Å². The van der Waals surface area contributed by atoms with Crippen LogP contribution in [0.25, 0.3) is 0 Å². The molecule has 2 aliphatic carbocycles. The van der Waals surface area contributed by atoms with E-state index in [4.69, 9.17) is 18.9 Å². The van der Waals surface area contributed by atoms with E-state index in [0.29, 0.717) is 18.4 Å². The zero-order chi connectivity index (χ0) is 36.2. The Labute approximate surface area is 286 Å². The minimum absolute atomic E-state index is 0.0249. The number of amides is 4. The molecule has 1 unspecified atom stereocenters. The third-order valence-corrected chi connectivity index (χ3v) is 10.6. The van der Waals surface area contributed by atoms with Crippen LogP contribution in [-0.4, -0.2) is 76.8 Å². The van der Waals surface area contributed by atoms with E-state index in [1.54, 1.807) is 19.1 Å². The number of methoxy groups -OCH3 is 1. The Bertz CT molecular complexity index is 1860.